The van der Waals surface area contributed by atoms with E-state index in [1.807, 2.05) is 6.92 Å². The van der Waals surface area contributed by atoms with Crippen molar-refractivity contribution in [2.75, 3.05) is 32.1 Å². The van der Waals surface area contributed by atoms with Gasteiger partial charge in [0, 0.05) is 38.3 Å². The molecule has 2 amide bonds. The third-order valence-electron chi connectivity index (χ3n) is 5.36. The van der Waals surface area contributed by atoms with Gasteiger partial charge in [0.2, 0.25) is 0 Å². The number of likely N-dealkylation sites (tertiary alicyclic amines) is 1. The van der Waals surface area contributed by atoms with Crippen LogP contribution >= 0.6 is 0 Å². The molecule has 170 valence electrons. The van der Waals surface area contributed by atoms with Crippen LogP contribution in [-0.2, 0) is 24.0 Å². The smallest absolute Gasteiger partial charge is 0.383 e. The average molecular weight is 441 g/mol. The molecule has 0 saturated carbocycles. The molecule has 2 heterocycles. The number of anilines is 1. The minimum Gasteiger partial charge on any atom is -0.383 e. The Balaban J connectivity index is 1.63. The molecule has 0 spiro atoms. The van der Waals surface area contributed by atoms with Gasteiger partial charge < -0.3 is 15.0 Å². The first kappa shape index (κ1) is 22.9. The Morgan fingerprint density at radius 2 is 2.00 bits per heavy atom. The van der Waals surface area contributed by atoms with Gasteiger partial charge in [0.25, 0.3) is 0 Å². The van der Waals surface area contributed by atoms with Crippen molar-refractivity contribution in [1.82, 2.24) is 19.2 Å². The summed E-state index contributed by atoms with van der Waals surface area (Å²) in [6, 6.07) is 4.11. The number of nitrogens with one attached hydrogen (secondary N) is 1. The monoisotopic (exact) mass is 441 g/mol. The number of rotatable bonds is 6. The normalized spacial score (nSPS) is 15.3. The summed E-state index contributed by atoms with van der Waals surface area (Å²) in [5.41, 5.74) is -0.900. The minimum atomic E-state index is -4.47. The summed E-state index contributed by atoms with van der Waals surface area (Å²) in [6.07, 6.45) is -3.26. The number of methoxy groups -OCH3 is 1. The molecule has 0 unspecified atom stereocenters. The van der Waals surface area contributed by atoms with Crippen LogP contribution in [-0.4, -0.2) is 52.1 Å². The number of piperidine rings is 1. The van der Waals surface area contributed by atoms with Gasteiger partial charge in [-0.2, -0.15) is 18.3 Å². The van der Waals surface area contributed by atoms with E-state index in [0.717, 1.165) is 12.1 Å². The molecule has 1 aliphatic rings. The first-order chi connectivity index (χ1) is 14.7. The number of hydrogen-bond acceptors (Lipinski definition) is 4. The van der Waals surface area contributed by atoms with Crippen molar-refractivity contribution < 1.29 is 22.7 Å². The van der Waals surface area contributed by atoms with Crippen molar-refractivity contribution in [3.05, 3.63) is 46.1 Å². The fourth-order valence-electron chi connectivity index (χ4n) is 3.70. The molecule has 1 aromatic heterocycles. The molecule has 8 nitrogen and oxygen atoms in total. The number of urea groups is 1. The van der Waals surface area contributed by atoms with Crippen LogP contribution in [0.2, 0.25) is 0 Å². The third-order valence-corrected chi connectivity index (χ3v) is 5.36. The number of ether oxygens (including phenoxy) is 1. The van der Waals surface area contributed by atoms with E-state index in [4.69, 9.17) is 4.74 Å². The van der Waals surface area contributed by atoms with Crippen LogP contribution in [0.1, 0.15) is 37.1 Å². The Morgan fingerprint density at radius 1 is 1.29 bits per heavy atom. The Morgan fingerprint density at radius 3 is 2.61 bits per heavy atom. The number of carbonyl (C=O) groups excluding carboxylic acids is 1. The van der Waals surface area contributed by atoms with Crippen molar-refractivity contribution in [1.29, 1.82) is 0 Å². The molecule has 31 heavy (non-hydrogen) atoms. The van der Waals surface area contributed by atoms with Crippen LogP contribution in [0.15, 0.2) is 29.1 Å². The van der Waals surface area contributed by atoms with Crippen LogP contribution in [0, 0.1) is 0 Å². The van der Waals surface area contributed by atoms with Gasteiger partial charge in [-0.25, -0.2) is 14.3 Å². The molecule has 1 aromatic carbocycles. The summed E-state index contributed by atoms with van der Waals surface area (Å²) < 4.78 is 46.6. The lowest BCUT2D eigenvalue weighted by molar-refractivity contribution is -0.137. The molecule has 3 rings (SSSR count). The molecule has 1 aliphatic heterocycles. The molecule has 1 fully saturated rings. The molecule has 2 aromatic rings. The summed E-state index contributed by atoms with van der Waals surface area (Å²) in [5, 5.41) is 7.01. The lowest BCUT2D eigenvalue weighted by atomic mass is 9.96. The lowest BCUT2D eigenvalue weighted by Crippen LogP contribution is -2.41. The van der Waals surface area contributed by atoms with Crippen molar-refractivity contribution in [3.63, 3.8) is 0 Å². The minimum absolute atomic E-state index is 0.0223. The summed E-state index contributed by atoms with van der Waals surface area (Å²) in [6.45, 7) is 3.96. The van der Waals surface area contributed by atoms with E-state index in [1.54, 1.807) is 16.6 Å². The van der Waals surface area contributed by atoms with Crippen LogP contribution < -0.4 is 11.0 Å². The maximum atomic E-state index is 12.9. The summed E-state index contributed by atoms with van der Waals surface area (Å²) in [4.78, 5) is 26.6. The first-order valence-corrected chi connectivity index (χ1v) is 10.1. The zero-order valence-electron chi connectivity index (χ0n) is 17.5. The zero-order valence-corrected chi connectivity index (χ0v) is 17.5. The maximum Gasteiger partial charge on any atom is 0.416 e. The van der Waals surface area contributed by atoms with E-state index < -0.39 is 17.8 Å². The quantitative estimate of drug-likeness (QED) is 0.747. The van der Waals surface area contributed by atoms with E-state index in [2.05, 4.69) is 10.4 Å². The van der Waals surface area contributed by atoms with Gasteiger partial charge in [-0.3, -0.25) is 4.57 Å². The van der Waals surface area contributed by atoms with Gasteiger partial charge in [0.15, 0.2) is 0 Å². The summed E-state index contributed by atoms with van der Waals surface area (Å²) in [5.74, 6) is 0.718. The number of amides is 2. The molecule has 0 atom stereocenters. The predicted molar refractivity (Wildman–Crippen MR) is 108 cm³/mol. The van der Waals surface area contributed by atoms with Gasteiger partial charge in [-0.15, -0.1) is 0 Å². The van der Waals surface area contributed by atoms with Gasteiger partial charge in [0.1, 0.15) is 5.82 Å². The number of nitrogens with zero attached hydrogens (tertiary/aromatic N) is 4. The number of alkyl halides is 3. The van der Waals surface area contributed by atoms with Gasteiger partial charge in [-0.05, 0) is 38.0 Å². The SMILES string of the molecule is CCn1c(C2CCN(C(=O)Nc3cccc(C(F)(F)F)c3)CC2)nn(CCOC)c1=O. The first-order valence-electron chi connectivity index (χ1n) is 10.1. The number of carbonyl (C=O) groups is 1. The van der Waals surface area contributed by atoms with Crippen LogP contribution in [0.25, 0.3) is 0 Å². The highest BCUT2D eigenvalue weighted by Crippen LogP contribution is 2.31. The van der Waals surface area contributed by atoms with E-state index >= 15 is 0 Å². The Bertz CT molecular complexity index is 962. The molecule has 1 saturated heterocycles. The largest absolute Gasteiger partial charge is 0.416 e. The molecular weight excluding hydrogens is 415 g/mol. The Hall–Kier alpha value is -2.82. The Labute approximate surface area is 177 Å². The zero-order chi connectivity index (χ0) is 22.6. The van der Waals surface area contributed by atoms with Crippen LogP contribution in [0.3, 0.4) is 0 Å². The van der Waals surface area contributed by atoms with Gasteiger partial charge >= 0.3 is 17.9 Å². The van der Waals surface area contributed by atoms with E-state index in [-0.39, 0.29) is 17.3 Å². The molecule has 11 heteroatoms. The second-order valence-corrected chi connectivity index (χ2v) is 7.37. The second kappa shape index (κ2) is 9.54. The van der Waals surface area contributed by atoms with Gasteiger partial charge in [-0.1, -0.05) is 6.07 Å². The van der Waals surface area contributed by atoms with Crippen molar-refractivity contribution in [2.45, 2.75) is 44.9 Å². The predicted octanol–water partition coefficient (Wildman–Crippen LogP) is 3.14. The summed E-state index contributed by atoms with van der Waals surface area (Å²) >= 11 is 0. The van der Waals surface area contributed by atoms with Crippen LogP contribution in [0.5, 0.6) is 0 Å². The molecule has 1 N–H and O–H groups in total. The number of benzene rings is 1. The highest BCUT2D eigenvalue weighted by atomic mass is 19.4. The average Bonchev–Trinajstić information content (AvgIpc) is 3.07. The van der Waals surface area contributed by atoms with Crippen LogP contribution in [0.4, 0.5) is 23.7 Å². The number of hydrogen-bond donors (Lipinski definition) is 1. The Kier molecular flexibility index (Phi) is 7.04. The molecule has 0 radical (unpaired) electrons. The standard InChI is InChI=1S/C20H26F3N5O3/c1-3-27-17(25-28(19(27)30)11-12-31-2)14-7-9-26(10-8-14)18(29)24-16-6-4-5-15(13-16)20(21,22)23/h4-6,13-14H,3,7-12H2,1-2H3,(H,24,29). The molecular formula is C20H26F3N5O3. The second-order valence-electron chi connectivity index (χ2n) is 7.37. The van der Waals surface area contributed by atoms with E-state index in [9.17, 15) is 22.8 Å². The fourth-order valence-corrected chi connectivity index (χ4v) is 3.70. The topological polar surface area (TPSA) is 81.4 Å². The van der Waals surface area contributed by atoms with E-state index in [1.165, 1.54) is 16.8 Å². The highest BCUT2D eigenvalue weighted by Gasteiger charge is 2.31. The van der Waals surface area contributed by atoms with Crippen molar-refractivity contribution in [2.24, 2.45) is 0 Å². The highest BCUT2D eigenvalue weighted by molar-refractivity contribution is 5.89. The third kappa shape index (κ3) is 5.27. The summed E-state index contributed by atoms with van der Waals surface area (Å²) in [7, 11) is 1.56. The van der Waals surface area contributed by atoms with E-state index in [0.29, 0.717) is 51.5 Å². The molecule has 0 bridgehead atoms. The van der Waals surface area contributed by atoms with Crippen molar-refractivity contribution >= 4 is 11.7 Å². The lowest BCUT2D eigenvalue weighted by Gasteiger charge is -2.31. The molecule has 0 aliphatic carbocycles. The van der Waals surface area contributed by atoms with Crippen molar-refractivity contribution in [3.8, 4) is 0 Å². The number of halogens is 3. The number of aromatic nitrogens is 3. The maximum absolute atomic E-state index is 12.9. The fraction of sp³-hybridized carbons (Fsp3) is 0.550. The van der Waals surface area contributed by atoms with Gasteiger partial charge in [0.05, 0.1) is 18.7 Å².